The normalized spacial score (nSPS) is 12.0. The van der Waals surface area contributed by atoms with Gasteiger partial charge in [0.1, 0.15) is 5.82 Å². The van der Waals surface area contributed by atoms with Gasteiger partial charge in [-0.3, -0.25) is 4.79 Å². The Bertz CT molecular complexity index is 661. The molecule has 0 fully saturated rings. The summed E-state index contributed by atoms with van der Waals surface area (Å²) < 4.78 is 13.9. The van der Waals surface area contributed by atoms with Gasteiger partial charge in [0.2, 0.25) is 0 Å². The summed E-state index contributed by atoms with van der Waals surface area (Å²) >= 11 is 3.28. The van der Waals surface area contributed by atoms with E-state index in [0.717, 1.165) is 5.69 Å². The van der Waals surface area contributed by atoms with Gasteiger partial charge in [0.25, 0.3) is 5.91 Å². The van der Waals surface area contributed by atoms with Crippen LogP contribution in [-0.2, 0) is 0 Å². The lowest BCUT2D eigenvalue weighted by molar-refractivity contribution is 0.0949. The number of nitrogens with one attached hydrogen (secondary N) is 2. The lowest BCUT2D eigenvalue weighted by atomic mass is 10.0. The van der Waals surface area contributed by atoms with Crippen molar-refractivity contribution >= 4 is 27.5 Å². The molecule has 0 spiro atoms. The maximum Gasteiger partial charge on any atom is 0.252 e. The molecule has 1 atom stereocenters. The number of benzene rings is 2. The fourth-order valence-corrected chi connectivity index (χ4v) is 2.60. The van der Waals surface area contributed by atoms with Gasteiger partial charge in [0, 0.05) is 22.7 Å². The molecule has 3 nitrogen and oxygen atoms in total. The summed E-state index contributed by atoms with van der Waals surface area (Å²) in [4.78, 5) is 12.3. The van der Waals surface area contributed by atoms with E-state index in [2.05, 4.69) is 40.4 Å². The van der Waals surface area contributed by atoms with Crippen molar-refractivity contribution in [2.24, 2.45) is 5.92 Å². The minimum atomic E-state index is -0.429. The molecule has 2 aromatic carbocycles. The summed E-state index contributed by atoms with van der Waals surface area (Å²) in [7, 11) is 0. The lowest BCUT2D eigenvalue weighted by Crippen LogP contribution is -2.39. The van der Waals surface area contributed by atoms with Crippen LogP contribution < -0.4 is 10.6 Å². The average molecular weight is 379 g/mol. The lowest BCUT2D eigenvalue weighted by Gasteiger charge is -2.24. The van der Waals surface area contributed by atoms with Gasteiger partial charge >= 0.3 is 0 Å². The molecule has 2 aromatic rings. The zero-order valence-electron chi connectivity index (χ0n) is 13.1. The number of halogens is 2. The fraction of sp³-hybridized carbons (Fsp3) is 0.278. The van der Waals surface area contributed by atoms with Crippen molar-refractivity contribution in [2.75, 3.05) is 11.9 Å². The third kappa shape index (κ3) is 5.06. The Morgan fingerprint density at radius 2 is 1.87 bits per heavy atom. The number of rotatable bonds is 6. The SMILES string of the molecule is CC(C)C(CNC(=O)c1cc(F)ccc1Br)Nc1ccccc1. The molecule has 0 heterocycles. The summed E-state index contributed by atoms with van der Waals surface area (Å²) in [5.74, 6) is -0.399. The molecule has 0 aliphatic heterocycles. The van der Waals surface area contributed by atoms with Crippen LogP contribution in [0.3, 0.4) is 0 Å². The van der Waals surface area contributed by atoms with Crippen molar-refractivity contribution in [3.05, 3.63) is 64.4 Å². The van der Waals surface area contributed by atoms with Gasteiger partial charge in [-0.15, -0.1) is 0 Å². The molecule has 0 saturated carbocycles. The molecule has 122 valence electrons. The van der Waals surface area contributed by atoms with Crippen molar-refractivity contribution < 1.29 is 9.18 Å². The Morgan fingerprint density at radius 3 is 2.52 bits per heavy atom. The number of para-hydroxylation sites is 1. The smallest absolute Gasteiger partial charge is 0.252 e. The van der Waals surface area contributed by atoms with E-state index in [1.807, 2.05) is 30.3 Å². The van der Waals surface area contributed by atoms with Crippen LogP contribution in [0.1, 0.15) is 24.2 Å². The largest absolute Gasteiger partial charge is 0.380 e. The molecule has 0 aliphatic rings. The number of hydrogen-bond donors (Lipinski definition) is 2. The first-order chi connectivity index (χ1) is 11.0. The zero-order chi connectivity index (χ0) is 16.8. The molecule has 0 aromatic heterocycles. The van der Waals surface area contributed by atoms with Gasteiger partial charge in [-0.1, -0.05) is 32.0 Å². The fourth-order valence-electron chi connectivity index (χ4n) is 2.17. The van der Waals surface area contributed by atoms with Crippen molar-refractivity contribution in [1.29, 1.82) is 0 Å². The minimum Gasteiger partial charge on any atom is -0.380 e. The van der Waals surface area contributed by atoms with Crippen LogP contribution in [0.25, 0.3) is 0 Å². The molecule has 0 aliphatic carbocycles. The summed E-state index contributed by atoms with van der Waals surface area (Å²) in [5, 5.41) is 6.28. The quantitative estimate of drug-likeness (QED) is 0.779. The van der Waals surface area contributed by atoms with Gasteiger partial charge in [0.15, 0.2) is 0 Å². The number of hydrogen-bond acceptors (Lipinski definition) is 2. The first-order valence-corrected chi connectivity index (χ1v) is 8.31. The van der Waals surface area contributed by atoms with Crippen LogP contribution in [0.5, 0.6) is 0 Å². The molecule has 0 bridgehead atoms. The van der Waals surface area contributed by atoms with E-state index in [1.165, 1.54) is 18.2 Å². The van der Waals surface area contributed by atoms with Crippen LogP contribution in [0.4, 0.5) is 10.1 Å². The van der Waals surface area contributed by atoms with Crippen LogP contribution >= 0.6 is 15.9 Å². The summed E-state index contributed by atoms with van der Waals surface area (Å²) in [6.45, 7) is 4.63. The molecular weight excluding hydrogens is 359 g/mol. The van der Waals surface area contributed by atoms with Crippen molar-refractivity contribution in [2.45, 2.75) is 19.9 Å². The van der Waals surface area contributed by atoms with E-state index in [1.54, 1.807) is 0 Å². The van der Waals surface area contributed by atoms with E-state index < -0.39 is 5.82 Å². The van der Waals surface area contributed by atoms with Gasteiger partial charge < -0.3 is 10.6 Å². The molecular formula is C18H20BrFN2O. The van der Waals surface area contributed by atoms with E-state index in [0.29, 0.717) is 22.5 Å². The summed E-state index contributed by atoms with van der Waals surface area (Å²) in [6, 6.07) is 14.0. The molecule has 0 saturated heterocycles. The topological polar surface area (TPSA) is 41.1 Å². The highest BCUT2D eigenvalue weighted by atomic mass is 79.9. The van der Waals surface area contributed by atoms with Crippen molar-refractivity contribution in [1.82, 2.24) is 5.32 Å². The van der Waals surface area contributed by atoms with E-state index >= 15 is 0 Å². The van der Waals surface area contributed by atoms with Crippen LogP contribution in [0.2, 0.25) is 0 Å². The standard InChI is InChI=1S/C18H20BrFN2O/c1-12(2)17(22-14-6-4-3-5-7-14)11-21-18(23)15-10-13(20)8-9-16(15)19/h3-10,12,17,22H,11H2,1-2H3,(H,21,23). The maximum atomic E-state index is 13.3. The van der Waals surface area contributed by atoms with Crippen LogP contribution in [-0.4, -0.2) is 18.5 Å². The van der Waals surface area contributed by atoms with Gasteiger partial charge in [0.05, 0.1) is 5.56 Å². The Balaban J connectivity index is 2.01. The Labute approximate surface area is 144 Å². The van der Waals surface area contributed by atoms with Crippen LogP contribution in [0, 0.1) is 11.7 Å². The monoisotopic (exact) mass is 378 g/mol. The van der Waals surface area contributed by atoms with Crippen molar-refractivity contribution in [3.63, 3.8) is 0 Å². The first kappa shape index (κ1) is 17.5. The second kappa shape index (κ2) is 8.11. The average Bonchev–Trinajstić information content (AvgIpc) is 2.54. The predicted molar refractivity (Wildman–Crippen MR) is 95.1 cm³/mol. The third-order valence-electron chi connectivity index (χ3n) is 3.59. The predicted octanol–water partition coefficient (Wildman–Crippen LogP) is 4.45. The zero-order valence-corrected chi connectivity index (χ0v) is 14.7. The van der Waals surface area contributed by atoms with Gasteiger partial charge in [-0.05, 0) is 52.2 Å². The summed E-state index contributed by atoms with van der Waals surface area (Å²) in [5.41, 5.74) is 1.31. The molecule has 2 N–H and O–H groups in total. The molecule has 2 rings (SSSR count). The highest BCUT2D eigenvalue weighted by Gasteiger charge is 2.16. The Kier molecular flexibility index (Phi) is 6.16. The van der Waals surface area contributed by atoms with Gasteiger partial charge in [-0.25, -0.2) is 4.39 Å². The van der Waals surface area contributed by atoms with Crippen LogP contribution in [0.15, 0.2) is 53.0 Å². The van der Waals surface area contributed by atoms with Crippen molar-refractivity contribution in [3.8, 4) is 0 Å². The molecule has 0 radical (unpaired) electrons. The highest BCUT2D eigenvalue weighted by molar-refractivity contribution is 9.10. The molecule has 1 unspecified atom stereocenters. The first-order valence-electron chi connectivity index (χ1n) is 7.52. The Hall–Kier alpha value is -1.88. The third-order valence-corrected chi connectivity index (χ3v) is 4.28. The number of amides is 1. The highest BCUT2D eigenvalue weighted by Crippen LogP contribution is 2.18. The van der Waals surface area contributed by atoms with E-state index in [9.17, 15) is 9.18 Å². The number of carbonyl (C=O) groups excluding carboxylic acids is 1. The second-order valence-electron chi connectivity index (χ2n) is 5.70. The number of carbonyl (C=O) groups is 1. The number of anilines is 1. The maximum absolute atomic E-state index is 13.3. The van der Waals surface area contributed by atoms with E-state index in [-0.39, 0.29) is 11.9 Å². The van der Waals surface area contributed by atoms with E-state index in [4.69, 9.17) is 0 Å². The van der Waals surface area contributed by atoms with Gasteiger partial charge in [-0.2, -0.15) is 0 Å². The summed E-state index contributed by atoms with van der Waals surface area (Å²) in [6.07, 6.45) is 0. The molecule has 5 heteroatoms. The molecule has 1 amide bonds. The minimum absolute atomic E-state index is 0.0775. The Morgan fingerprint density at radius 1 is 1.17 bits per heavy atom. The second-order valence-corrected chi connectivity index (χ2v) is 6.55. The molecule has 23 heavy (non-hydrogen) atoms.